The molecule has 0 saturated carbocycles. The van der Waals surface area contributed by atoms with Gasteiger partial charge in [-0.05, 0) is 64.1 Å². The van der Waals surface area contributed by atoms with Crippen LogP contribution in [0.25, 0.3) is 5.78 Å². The minimum atomic E-state index is -4.62. The van der Waals surface area contributed by atoms with Gasteiger partial charge in [0, 0.05) is 24.4 Å². The monoisotopic (exact) mass is 398 g/mol. The number of hydrogen-bond donors (Lipinski definition) is 2. The quantitative estimate of drug-likeness (QED) is 0.779. The van der Waals surface area contributed by atoms with Gasteiger partial charge in [0.1, 0.15) is 0 Å². The van der Waals surface area contributed by atoms with Gasteiger partial charge in [0.25, 0.3) is 11.6 Å². The summed E-state index contributed by atoms with van der Waals surface area (Å²) in [6.45, 7) is 6.07. The second kappa shape index (κ2) is 8.42. The van der Waals surface area contributed by atoms with Crippen LogP contribution in [0.5, 0.6) is 0 Å². The summed E-state index contributed by atoms with van der Waals surface area (Å²) in [5.74, 6) is -0.774. The van der Waals surface area contributed by atoms with Gasteiger partial charge in [-0.2, -0.15) is 18.2 Å². The van der Waals surface area contributed by atoms with Crippen LogP contribution in [0, 0.1) is 19.8 Å². The number of carbonyl (C=O) groups excluding carboxylic acids is 1. The minimum absolute atomic E-state index is 0.0720. The average Bonchev–Trinajstić information content (AvgIpc) is 3.07. The summed E-state index contributed by atoms with van der Waals surface area (Å²) in [5, 5.41) is 9.81. The van der Waals surface area contributed by atoms with E-state index in [2.05, 4.69) is 25.7 Å². The predicted molar refractivity (Wildman–Crippen MR) is 96.8 cm³/mol. The smallest absolute Gasteiger partial charge is 0.356 e. The van der Waals surface area contributed by atoms with Crippen molar-refractivity contribution in [1.29, 1.82) is 0 Å². The molecular formula is C18H25F3N6O. The van der Waals surface area contributed by atoms with Crippen LogP contribution < -0.4 is 10.6 Å². The fraction of sp³-hybridized carbons (Fsp3) is 0.667. The summed E-state index contributed by atoms with van der Waals surface area (Å²) in [6.07, 6.45) is -0.682. The molecule has 1 unspecified atom stereocenters. The van der Waals surface area contributed by atoms with Crippen molar-refractivity contribution in [2.75, 3.05) is 19.6 Å². The summed E-state index contributed by atoms with van der Waals surface area (Å²) in [5.41, 5.74) is 1.80. The van der Waals surface area contributed by atoms with Crippen molar-refractivity contribution in [2.45, 2.75) is 52.1 Å². The number of amides is 1. The second-order valence-electron chi connectivity index (χ2n) is 7.26. The van der Waals surface area contributed by atoms with Crippen LogP contribution in [0.15, 0.2) is 0 Å². The molecule has 2 N–H and O–H groups in total. The molecule has 154 valence electrons. The van der Waals surface area contributed by atoms with Crippen LogP contribution in [-0.2, 0) is 17.4 Å². The molecule has 1 aliphatic heterocycles. The fourth-order valence-electron chi connectivity index (χ4n) is 3.60. The third kappa shape index (κ3) is 4.78. The number of aryl methyl sites for hydroxylation is 2. The Bertz CT molecular complexity index is 842. The zero-order valence-electron chi connectivity index (χ0n) is 16.1. The number of rotatable bonds is 6. The number of nitrogens with one attached hydrogen (secondary N) is 2. The van der Waals surface area contributed by atoms with Crippen LogP contribution >= 0.6 is 0 Å². The van der Waals surface area contributed by atoms with E-state index in [9.17, 15) is 18.0 Å². The Kier molecular flexibility index (Phi) is 6.17. The normalized spacial score (nSPS) is 17.8. The molecule has 0 aliphatic carbocycles. The van der Waals surface area contributed by atoms with Gasteiger partial charge in [-0.15, -0.1) is 5.10 Å². The molecule has 0 spiro atoms. The van der Waals surface area contributed by atoms with Crippen molar-refractivity contribution in [3.05, 3.63) is 22.8 Å². The van der Waals surface area contributed by atoms with Gasteiger partial charge in [0.2, 0.25) is 5.91 Å². The number of hydrogen-bond acceptors (Lipinski definition) is 5. The number of aromatic nitrogens is 4. The first-order chi connectivity index (χ1) is 13.3. The van der Waals surface area contributed by atoms with Gasteiger partial charge in [-0.3, -0.25) is 4.79 Å². The van der Waals surface area contributed by atoms with E-state index in [-0.39, 0.29) is 18.1 Å². The highest BCUT2D eigenvalue weighted by molar-refractivity contribution is 5.76. The van der Waals surface area contributed by atoms with E-state index in [4.69, 9.17) is 0 Å². The molecule has 2 aromatic rings. The standard InChI is InChI=1S/C18H25F3N6O/c1-11-14(5-6-15(28)23-9-7-13-4-3-8-22-10-13)12(2)27-17(24-11)25-16(26-27)18(19,20)21/h13,22H,3-10H2,1-2H3,(H,23,28). The van der Waals surface area contributed by atoms with E-state index < -0.39 is 12.0 Å². The Morgan fingerprint density at radius 3 is 2.79 bits per heavy atom. The zero-order valence-corrected chi connectivity index (χ0v) is 16.1. The summed E-state index contributed by atoms with van der Waals surface area (Å²) in [7, 11) is 0. The molecule has 1 aliphatic rings. The van der Waals surface area contributed by atoms with Crippen molar-refractivity contribution >= 4 is 11.7 Å². The minimum Gasteiger partial charge on any atom is -0.356 e. The number of piperidine rings is 1. The molecule has 1 amide bonds. The lowest BCUT2D eigenvalue weighted by molar-refractivity contribution is -0.144. The van der Waals surface area contributed by atoms with Gasteiger partial charge >= 0.3 is 6.18 Å². The Morgan fingerprint density at radius 1 is 1.32 bits per heavy atom. The maximum absolute atomic E-state index is 12.8. The summed E-state index contributed by atoms with van der Waals surface area (Å²) in [6, 6.07) is 0. The summed E-state index contributed by atoms with van der Waals surface area (Å²) < 4.78 is 39.6. The van der Waals surface area contributed by atoms with E-state index in [0.29, 0.717) is 30.3 Å². The second-order valence-corrected chi connectivity index (χ2v) is 7.26. The molecule has 2 aromatic heterocycles. The van der Waals surface area contributed by atoms with E-state index in [1.165, 1.54) is 12.8 Å². The number of fused-ring (bicyclic) bond motifs is 1. The number of carbonyl (C=O) groups is 1. The van der Waals surface area contributed by atoms with Crippen LogP contribution in [0.2, 0.25) is 0 Å². The lowest BCUT2D eigenvalue weighted by Gasteiger charge is -2.22. The molecule has 3 heterocycles. The van der Waals surface area contributed by atoms with E-state index >= 15 is 0 Å². The lowest BCUT2D eigenvalue weighted by atomic mass is 9.96. The molecule has 1 saturated heterocycles. The molecular weight excluding hydrogens is 373 g/mol. The molecule has 0 radical (unpaired) electrons. The van der Waals surface area contributed by atoms with Crippen LogP contribution in [0.1, 0.15) is 48.5 Å². The Balaban J connectivity index is 1.59. The molecule has 1 atom stereocenters. The molecule has 10 heteroatoms. The van der Waals surface area contributed by atoms with Gasteiger partial charge in [0.15, 0.2) is 0 Å². The molecule has 28 heavy (non-hydrogen) atoms. The van der Waals surface area contributed by atoms with Gasteiger partial charge in [-0.25, -0.2) is 9.50 Å². The highest BCUT2D eigenvalue weighted by Crippen LogP contribution is 2.27. The van der Waals surface area contributed by atoms with Crippen molar-refractivity contribution in [1.82, 2.24) is 30.2 Å². The molecule has 7 nitrogen and oxygen atoms in total. The summed E-state index contributed by atoms with van der Waals surface area (Å²) in [4.78, 5) is 19.7. The van der Waals surface area contributed by atoms with Crippen LogP contribution in [0.3, 0.4) is 0 Å². The van der Waals surface area contributed by atoms with Gasteiger partial charge < -0.3 is 10.6 Å². The van der Waals surface area contributed by atoms with Crippen LogP contribution in [-0.4, -0.2) is 45.1 Å². The third-order valence-corrected chi connectivity index (χ3v) is 5.18. The van der Waals surface area contributed by atoms with Gasteiger partial charge in [-0.1, -0.05) is 0 Å². The van der Waals surface area contributed by atoms with Crippen molar-refractivity contribution in [3.8, 4) is 0 Å². The van der Waals surface area contributed by atoms with Crippen molar-refractivity contribution < 1.29 is 18.0 Å². The SMILES string of the molecule is Cc1nc2nc(C(F)(F)F)nn2c(C)c1CCC(=O)NCCC1CCCNC1. The Morgan fingerprint density at radius 2 is 2.11 bits per heavy atom. The first-order valence-electron chi connectivity index (χ1n) is 9.53. The van der Waals surface area contributed by atoms with E-state index in [1.54, 1.807) is 13.8 Å². The van der Waals surface area contributed by atoms with E-state index in [0.717, 1.165) is 29.6 Å². The zero-order chi connectivity index (χ0) is 20.3. The topological polar surface area (TPSA) is 84.2 Å². The number of halogens is 3. The van der Waals surface area contributed by atoms with E-state index in [1.807, 2.05) is 0 Å². The van der Waals surface area contributed by atoms with Crippen LogP contribution in [0.4, 0.5) is 13.2 Å². The number of alkyl halides is 3. The van der Waals surface area contributed by atoms with Gasteiger partial charge in [0.05, 0.1) is 0 Å². The average molecular weight is 398 g/mol. The largest absolute Gasteiger partial charge is 0.453 e. The molecule has 1 fully saturated rings. The highest BCUT2D eigenvalue weighted by atomic mass is 19.4. The Labute approximate surface area is 161 Å². The fourth-order valence-corrected chi connectivity index (χ4v) is 3.60. The lowest BCUT2D eigenvalue weighted by Crippen LogP contribution is -2.33. The number of nitrogens with zero attached hydrogens (tertiary/aromatic N) is 4. The Hall–Kier alpha value is -2.23. The molecule has 0 aromatic carbocycles. The van der Waals surface area contributed by atoms with Crippen molar-refractivity contribution in [3.63, 3.8) is 0 Å². The molecule has 3 rings (SSSR count). The predicted octanol–water partition coefficient (Wildman–Crippen LogP) is 2.20. The maximum atomic E-state index is 12.8. The first kappa shape index (κ1) is 20.5. The first-order valence-corrected chi connectivity index (χ1v) is 9.53. The molecule has 0 bridgehead atoms. The maximum Gasteiger partial charge on any atom is 0.453 e. The van der Waals surface area contributed by atoms with Crippen molar-refractivity contribution in [2.24, 2.45) is 5.92 Å². The third-order valence-electron chi connectivity index (χ3n) is 5.18. The highest BCUT2D eigenvalue weighted by Gasteiger charge is 2.36. The summed E-state index contributed by atoms with van der Waals surface area (Å²) >= 11 is 0.